The standard InChI is InChI=1S/C15H24N4O3/c1-11(2)7-13(14(20)21)16-8-12-9-17-15(18-10-12)19-3-5-22-6-4-19/h9-11,13,16H,3-8H2,1-2H3,(H,20,21)/t13-/m1/s1. The van der Waals surface area contributed by atoms with Crippen molar-refractivity contribution in [2.24, 2.45) is 5.92 Å². The first-order valence-electron chi connectivity index (χ1n) is 7.66. The molecule has 1 aliphatic rings. The van der Waals surface area contributed by atoms with E-state index in [4.69, 9.17) is 4.74 Å². The van der Waals surface area contributed by atoms with Crippen molar-refractivity contribution >= 4 is 11.9 Å². The summed E-state index contributed by atoms with van der Waals surface area (Å²) in [5.41, 5.74) is 0.881. The summed E-state index contributed by atoms with van der Waals surface area (Å²) in [6.07, 6.45) is 4.10. The van der Waals surface area contributed by atoms with Gasteiger partial charge in [0.15, 0.2) is 0 Å². The second-order valence-electron chi connectivity index (χ2n) is 5.89. The summed E-state index contributed by atoms with van der Waals surface area (Å²) in [6.45, 7) is 7.47. The molecule has 2 rings (SSSR count). The van der Waals surface area contributed by atoms with Gasteiger partial charge in [-0.1, -0.05) is 13.8 Å². The molecule has 0 radical (unpaired) electrons. The van der Waals surface area contributed by atoms with Gasteiger partial charge in [-0.05, 0) is 12.3 Å². The zero-order valence-corrected chi connectivity index (χ0v) is 13.2. The Kier molecular flexibility index (Phi) is 6.09. The lowest BCUT2D eigenvalue weighted by Crippen LogP contribution is -2.38. The normalized spacial score (nSPS) is 16.8. The molecule has 1 aromatic rings. The molecule has 2 heterocycles. The van der Waals surface area contributed by atoms with Crippen molar-refractivity contribution < 1.29 is 14.6 Å². The van der Waals surface area contributed by atoms with Crippen molar-refractivity contribution in [3.05, 3.63) is 18.0 Å². The average molecular weight is 308 g/mol. The highest BCUT2D eigenvalue weighted by Crippen LogP contribution is 2.10. The minimum Gasteiger partial charge on any atom is -0.480 e. The number of hydrogen-bond donors (Lipinski definition) is 2. The van der Waals surface area contributed by atoms with Crippen LogP contribution >= 0.6 is 0 Å². The maximum absolute atomic E-state index is 11.2. The van der Waals surface area contributed by atoms with Gasteiger partial charge in [0.25, 0.3) is 0 Å². The molecule has 0 aliphatic carbocycles. The zero-order chi connectivity index (χ0) is 15.9. The van der Waals surface area contributed by atoms with Gasteiger partial charge >= 0.3 is 5.97 Å². The summed E-state index contributed by atoms with van der Waals surface area (Å²) >= 11 is 0. The van der Waals surface area contributed by atoms with Crippen LogP contribution in [-0.2, 0) is 16.1 Å². The number of hydrogen-bond acceptors (Lipinski definition) is 6. The number of rotatable bonds is 7. The first-order valence-corrected chi connectivity index (χ1v) is 7.66. The third kappa shape index (κ3) is 4.92. The fourth-order valence-corrected chi connectivity index (χ4v) is 2.35. The van der Waals surface area contributed by atoms with Crippen LogP contribution in [0.2, 0.25) is 0 Å². The number of nitrogens with zero attached hydrogens (tertiary/aromatic N) is 3. The fourth-order valence-electron chi connectivity index (χ4n) is 2.35. The molecule has 0 amide bonds. The number of carboxylic acid groups (broad SMARTS) is 1. The number of nitrogens with one attached hydrogen (secondary N) is 1. The summed E-state index contributed by atoms with van der Waals surface area (Å²) < 4.78 is 5.30. The minimum atomic E-state index is -0.820. The van der Waals surface area contributed by atoms with E-state index >= 15 is 0 Å². The molecule has 0 aromatic carbocycles. The van der Waals surface area contributed by atoms with Crippen LogP contribution in [-0.4, -0.2) is 53.4 Å². The molecule has 0 unspecified atom stereocenters. The highest BCUT2D eigenvalue weighted by molar-refractivity contribution is 5.73. The fraction of sp³-hybridized carbons (Fsp3) is 0.667. The van der Waals surface area contributed by atoms with Crippen molar-refractivity contribution in [3.63, 3.8) is 0 Å². The van der Waals surface area contributed by atoms with Gasteiger partial charge in [0.05, 0.1) is 13.2 Å². The topological polar surface area (TPSA) is 87.6 Å². The van der Waals surface area contributed by atoms with Crippen LogP contribution in [0.5, 0.6) is 0 Å². The molecule has 7 nitrogen and oxygen atoms in total. The smallest absolute Gasteiger partial charge is 0.320 e. The predicted octanol–water partition coefficient (Wildman–Crippen LogP) is 0.902. The number of ether oxygens (including phenoxy) is 1. The summed E-state index contributed by atoms with van der Waals surface area (Å²) in [5, 5.41) is 12.3. The van der Waals surface area contributed by atoms with E-state index in [1.807, 2.05) is 13.8 Å². The van der Waals surface area contributed by atoms with Crippen LogP contribution in [0.1, 0.15) is 25.8 Å². The number of carbonyl (C=O) groups is 1. The van der Waals surface area contributed by atoms with E-state index in [-0.39, 0.29) is 0 Å². The van der Waals surface area contributed by atoms with Crippen molar-refractivity contribution in [2.75, 3.05) is 31.2 Å². The molecule has 0 bridgehead atoms. The molecule has 1 saturated heterocycles. The molecule has 1 atom stereocenters. The third-order valence-corrected chi connectivity index (χ3v) is 3.54. The van der Waals surface area contributed by atoms with E-state index in [0.717, 1.165) is 18.7 Å². The Morgan fingerprint density at radius 2 is 2.00 bits per heavy atom. The van der Waals surface area contributed by atoms with Crippen molar-refractivity contribution in [3.8, 4) is 0 Å². The van der Waals surface area contributed by atoms with Gasteiger partial charge in [-0.15, -0.1) is 0 Å². The van der Waals surface area contributed by atoms with Gasteiger partial charge in [0.1, 0.15) is 6.04 Å². The molecule has 1 aliphatic heterocycles. The second-order valence-corrected chi connectivity index (χ2v) is 5.89. The van der Waals surface area contributed by atoms with E-state index in [0.29, 0.717) is 38.0 Å². The average Bonchev–Trinajstić information content (AvgIpc) is 2.52. The number of aromatic nitrogens is 2. The molecule has 7 heteroatoms. The molecule has 1 fully saturated rings. The number of carboxylic acids is 1. The largest absolute Gasteiger partial charge is 0.480 e. The lowest BCUT2D eigenvalue weighted by molar-refractivity contribution is -0.140. The van der Waals surface area contributed by atoms with Crippen LogP contribution in [0.4, 0.5) is 5.95 Å². The Hall–Kier alpha value is -1.73. The van der Waals surface area contributed by atoms with Crippen LogP contribution < -0.4 is 10.2 Å². The Balaban J connectivity index is 1.88. The maximum Gasteiger partial charge on any atom is 0.320 e. The highest BCUT2D eigenvalue weighted by atomic mass is 16.5. The Morgan fingerprint density at radius 3 is 2.55 bits per heavy atom. The van der Waals surface area contributed by atoms with Crippen LogP contribution in [0.15, 0.2) is 12.4 Å². The monoisotopic (exact) mass is 308 g/mol. The molecule has 2 N–H and O–H groups in total. The molecular formula is C15H24N4O3. The van der Waals surface area contributed by atoms with E-state index in [1.165, 1.54) is 0 Å². The van der Waals surface area contributed by atoms with Crippen LogP contribution in [0, 0.1) is 5.92 Å². The maximum atomic E-state index is 11.2. The number of aliphatic carboxylic acids is 1. The Labute approximate surface area is 130 Å². The van der Waals surface area contributed by atoms with Gasteiger partial charge in [-0.3, -0.25) is 4.79 Å². The molecule has 22 heavy (non-hydrogen) atoms. The predicted molar refractivity (Wildman–Crippen MR) is 82.8 cm³/mol. The zero-order valence-electron chi connectivity index (χ0n) is 13.2. The lowest BCUT2D eigenvalue weighted by Gasteiger charge is -2.26. The molecule has 0 spiro atoms. The molecule has 1 aromatic heterocycles. The van der Waals surface area contributed by atoms with E-state index in [2.05, 4.69) is 20.2 Å². The summed E-state index contributed by atoms with van der Waals surface area (Å²) in [7, 11) is 0. The highest BCUT2D eigenvalue weighted by Gasteiger charge is 2.18. The Morgan fingerprint density at radius 1 is 1.36 bits per heavy atom. The van der Waals surface area contributed by atoms with Gasteiger partial charge in [0, 0.05) is 37.6 Å². The van der Waals surface area contributed by atoms with Crippen LogP contribution in [0.25, 0.3) is 0 Å². The van der Waals surface area contributed by atoms with E-state index in [1.54, 1.807) is 12.4 Å². The van der Waals surface area contributed by atoms with Gasteiger partial charge < -0.3 is 20.1 Å². The second kappa shape index (κ2) is 8.05. The first kappa shape index (κ1) is 16.6. The SMILES string of the molecule is CC(C)C[C@@H](NCc1cnc(N2CCOCC2)nc1)C(=O)O. The van der Waals surface area contributed by atoms with Gasteiger partial charge in [-0.2, -0.15) is 0 Å². The summed E-state index contributed by atoms with van der Waals surface area (Å²) in [6, 6.07) is -0.543. The minimum absolute atomic E-state index is 0.327. The Bertz CT molecular complexity index is 472. The first-order chi connectivity index (χ1) is 10.6. The van der Waals surface area contributed by atoms with Crippen molar-refractivity contribution in [2.45, 2.75) is 32.9 Å². The van der Waals surface area contributed by atoms with Crippen LogP contribution in [0.3, 0.4) is 0 Å². The van der Waals surface area contributed by atoms with E-state index in [9.17, 15) is 9.90 Å². The lowest BCUT2D eigenvalue weighted by atomic mass is 10.0. The van der Waals surface area contributed by atoms with Gasteiger partial charge in [0.2, 0.25) is 5.95 Å². The number of anilines is 1. The van der Waals surface area contributed by atoms with E-state index < -0.39 is 12.0 Å². The molecule has 122 valence electrons. The molecular weight excluding hydrogens is 284 g/mol. The van der Waals surface area contributed by atoms with Crippen molar-refractivity contribution in [1.82, 2.24) is 15.3 Å². The number of morpholine rings is 1. The summed E-state index contributed by atoms with van der Waals surface area (Å²) in [5.74, 6) is 0.206. The summed E-state index contributed by atoms with van der Waals surface area (Å²) in [4.78, 5) is 22.0. The van der Waals surface area contributed by atoms with Crippen molar-refractivity contribution in [1.29, 1.82) is 0 Å². The third-order valence-electron chi connectivity index (χ3n) is 3.54. The van der Waals surface area contributed by atoms with Gasteiger partial charge in [-0.25, -0.2) is 9.97 Å². The molecule has 0 saturated carbocycles. The quantitative estimate of drug-likeness (QED) is 0.774.